The molecule has 0 bridgehead atoms. The topological polar surface area (TPSA) is 70.7 Å². The zero-order valence-electron chi connectivity index (χ0n) is 13.2. The molecule has 5 nitrogen and oxygen atoms in total. The smallest absolute Gasteiger partial charge is 0.248 e. The Hall–Kier alpha value is -2.31. The van der Waals surface area contributed by atoms with Gasteiger partial charge in [0.2, 0.25) is 5.56 Å². The molecule has 0 amide bonds. The van der Waals surface area contributed by atoms with Crippen LogP contribution in [0, 0.1) is 0 Å². The molecule has 1 atom stereocenters. The van der Waals surface area contributed by atoms with E-state index in [-0.39, 0.29) is 11.6 Å². The van der Waals surface area contributed by atoms with Crippen molar-refractivity contribution in [3.63, 3.8) is 0 Å². The number of hydrogen-bond donors (Lipinski definition) is 2. The van der Waals surface area contributed by atoms with Gasteiger partial charge >= 0.3 is 0 Å². The molecule has 2 N–H and O–H groups in total. The Morgan fingerprint density at radius 2 is 2.25 bits per heavy atom. The molecule has 1 aliphatic carbocycles. The van der Waals surface area contributed by atoms with Gasteiger partial charge in [-0.05, 0) is 37.0 Å². The van der Waals surface area contributed by atoms with Crippen LogP contribution in [0.15, 0.2) is 46.7 Å². The van der Waals surface area contributed by atoms with Crippen LogP contribution in [-0.2, 0) is 13.0 Å². The van der Waals surface area contributed by atoms with E-state index in [1.165, 1.54) is 5.56 Å². The van der Waals surface area contributed by atoms with Crippen LogP contribution in [0.1, 0.15) is 35.8 Å². The minimum Gasteiger partial charge on any atom is -0.326 e. The molecule has 0 spiro atoms. The summed E-state index contributed by atoms with van der Waals surface area (Å²) < 4.78 is 0. The first-order valence-electron chi connectivity index (χ1n) is 8.11. The second-order valence-corrected chi connectivity index (χ2v) is 6.80. The van der Waals surface area contributed by atoms with Gasteiger partial charge in [0.05, 0.1) is 11.4 Å². The van der Waals surface area contributed by atoms with E-state index in [0.717, 1.165) is 41.4 Å². The standard InChI is InChI=1S/C18H18N4OS/c23-17-8-7-13-14(5-3-6-15(13)22-17)20-10-12-11-24-18(21-12)16-4-1-2-9-19-16/h1-2,4,7-9,11,14,20H,3,5-6,10H2,(H,22,23)/t14-/m0/s1. The number of H-pyrrole nitrogens is 1. The molecule has 0 radical (unpaired) electrons. The minimum absolute atomic E-state index is 0.0195. The maximum Gasteiger partial charge on any atom is 0.248 e. The van der Waals surface area contributed by atoms with Crippen LogP contribution in [0.3, 0.4) is 0 Å². The third kappa shape index (κ3) is 3.16. The molecule has 0 fully saturated rings. The Kier molecular flexibility index (Phi) is 4.23. The van der Waals surface area contributed by atoms with Crippen LogP contribution in [0.25, 0.3) is 10.7 Å². The van der Waals surface area contributed by atoms with Gasteiger partial charge < -0.3 is 10.3 Å². The summed E-state index contributed by atoms with van der Waals surface area (Å²) >= 11 is 1.62. The van der Waals surface area contributed by atoms with Crippen molar-refractivity contribution in [2.75, 3.05) is 0 Å². The highest BCUT2D eigenvalue weighted by Gasteiger charge is 2.20. The van der Waals surface area contributed by atoms with Gasteiger partial charge in [-0.3, -0.25) is 9.78 Å². The quantitative estimate of drug-likeness (QED) is 0.767. The SMILES string of the molecule is O=c1ccc2c([nH]1)CCC[C@@H]2NCc1csc(-c2ccccn2)n1. The molecule has 0 saturated heterocycles. The lowest BCUT2D eigenvalue weighted by molar-refractivity contribution is 0.451. The normalized spacial score (nSPS) is 16.8. The van der Waals surface area contributed by atoms with E-state index < -0.39 is 0 Å². The molecule has 1 aliphatic rings. The first kappa shape index (κ1) is 15.2. The van der Waals surface area contributed by atoms with Gasteiger partial charge in [0.15, 0.2) is 0 Å². The Labute approximate surface area is 143 Å². The molecule has 3 aromatic rings. The molecular weight excluding hydrogens is 320 g/mol. The van der Waals surface area contributed by atoms with Crippen molar-refractivity contribution in [1.29, 1.82) is 0 Å². The lowest BCUT2D eigenvalue weighted by Gasteiger charge is -2.25. The summed E-state index contributed by atoms with van der Waals surface area (Å²) in [4.78, 5) is 23.5. The number of rotatable bonds is 4. The van der Waals surface area contributed by atoms with E-state index in [9.17, 15) is 4.79 Å². The summed E-state index contributed by atoms with van der Waals surface area (Å²) in [6.07, 6.45) is 4.90. The Balaban J connectivity index is 1.47. The first-order valence-corrected chi connectivity index (χ1v) is 8.99. The van der Waals surface area contributed by atoms with E-state index in [0.29, 0.717) is 6.54 Å². The zero-order valence-corrected chi connectivity index (χ0v) is 14.0. The van der Waals surface area contributed by atoms with Gasteiger partial charge in [0.25, 0.3) is 0 Å². The lowest BCUT2D eigenvalue weighted by Crippen LogP contribution is -2.27. The van der Waals surface area contributed by atoms with Gasteiger partial charge in [0.1, 0.15) is 5.01 Å². The van der Waals surface area contributed by atoms with Crippen molar-refractivity contribution >= 4 is 11.3 Å². The van der Waals surface area contributed by atoms with Crippen LogP contribution in [0.2, 0.25) is 0 Å². The second kappa shape index (κ2) is 6.67. The third-order valence-electron chi connectivity index (χ3n) is 4.30. The average Bonchev–Trinajstić information content (AvgIpc) is 3.09. The summed E-state index contributed by atoms with van der Waals surface area (Å²) in [6.45, 7) is 0.715. The summed E-state index contributed by atoms with van der Waals surface area (Å²) in [5.74, 6) is 0. The van der Waals surface area contributed by atoms with Crippen molar-refractivity contribution in [3.05, 3.63) is 69.2 Å². The van der Waals surface area contributed by atoms with Crippen LogP contribution in [0.5, 0.6) is 0 Å². The molecule has 122 valence electrons. The van der Waals surface area contributed by atoms with Crippen molar-refractivity contribution < 1.29 is 0 Å². The fraction of sp³-hybridized carbons (Fsp3) is 0.278. The number of hydrogen-bond acceptors (Lipinski definition) is 5. The van der Waals surface area contributed by atoms with Gasteiger partial charge in [0, 0.05) is 35.9 Å². The fourth-order valence-electron chi connectivity index (χ4n) is 3.14. The number of aryl methyl sites for hydroxylation is 1. The Bertz CT molecular complexity index is 887. The first-order chi connectivity index (χ1) is 11.8. The summed E-state index contributed by atoms with van der Waals surface area (Å²) in [6, 6.07) is 9.69. The summed E-state index contributed by atoms with van der Waals surface area (Å²) in [5, 5.41) is 6.60. The predicted molar refractivity (Wildman–Crippen MR) is 94.9 cm³/mol. The lowest BCUT2D eigenvalue weighted by atomic mass is 9.91. The van der Waals surface area contributed by atoms with Gasteiger partial charge in [-0.15, -0.1) is 11.3 Å². The number of pyridine rings is 2. The maximum absolute atomic E-state index is 11.5. The molecule has 0 saturated carbocycles. The number of nitrogens with zero attached hydrogens (tertiary/aromatic N) is 2. The van der Waals surface area contributed by atoms with E-state index >= 15 is 0 Å². The second-order valence-electron chi connectivity index (χ2n) is 5.94. The van der Waals surface area contributed by atoms with Crippen molar-refractivity contribution in [2.24, 2.45) is 0 Å². The number of fused-ring (bicyclic) bond motifs is 1. The molecule has 3 heterocycles. The van der Waals surface area contributed by atoms with Gasteiger partial charge in [-0.25, -0.2) is 4.98 Å². The maximum atomic E-state index is 11.5. The molecule has 4 rings (SSSR count). The third-order valence-corrected chi connectivity index (χ3v) is 5.21. The van der Waals surface area contributed by atoms with Gasteiger partial charge in [-0.1, -0.05) is 12.1 Å². The van der Waals surface area contributed by atoms with Gasteiger partial charge in [-0.2, -0.15) is 0 Å². The van der Waals surface area contributed by atoms with Crippen LogP contribution in [-0.4, -0.2) is 15.0 Å². The molecule has 24 heavy (non-hydrogen) atoms. The van der Waals surface area contributed by atoms with E-state index in [2.05, 4.69) is 25.6 Å². The Morgan fingerprint density at radius 3 is 3.12 bits per heavy atom. The molecule has 0 aromatic carbocycles. The monoisotopic (exact) mass is 338 g/mol. The predicted octanol–water partition coefficient (Wildman–Crippen LogP) is 3.06. The van der Waals surface area contributed by atoms with Crippen molar-refractivity contribution in [3.8, 4) is 10.7 Å². The molecule has 6 heteroatoms. The molecule has 3 aromatic heterocycles. The number of aromatic nitrogens is 3. The van der Waals surface area contributed by atoms with Crippen LogP contribution < -0.4 is 10.9 Å². The highest BCUT2D eigenvalue weighted by Crippen LogP contribution is 2.28. The highest BCUT2D eigenvalue weighted by molar-refractivity contribution is 7.13. The molecular formula is C18H18N4OS. The van der Waals surface area contributed by atoms with Crippen LogP contribution in [0.4, 0.5) is 0 Å². The number of nitrogens with one attached hydrogen (secondary N) is 2. The largest absolute Gasteiger partial charge is 0.326 e. The Morgan fingerprint density at radius 1 is 1.29 bits per heavy atom. The summed E-state index contributed by atoms with van der Waals surface area (Å²) in [7, 11) is 0. The van der Waals surface area contributed by atoms with Crippen molar-refractivity contribution in [2.45, 2.75) is 31.8 Å². The molecule has 0 aliphatic heterocycles. The minimum atomic E-state index is -0.0195. The number of thiazole rings is 1. The fourth-order valence-corrected chi connectivity index (χ4v) is 3.93. The van der Waals surface area contributed by atoms with Crippen LogP contribution >= 0.6 is 11.3 Å². The average molecular weight is 338 g/mol. The molecule has 0 unspecified atom stereocenters. The van der Waals surface area contributed by atoms with E-state index in [4.69, 9.17) is 0 Å². The van der Waals surface area contributed by atoms with E-state index in [1.807, 2.05) is 24.3 Å². The van der Waals surface area contributed by atoms with E-state index in [1.54, 1.807) is 23.6 Å². The summed E-state index contributed by atoms with van der Waals surface area (Å²) in [5.41, 5.74) is 4.19. The van der Waals surface area contributed by atoms with Crippen molar-refractivity contribution in [1.82, 2.24) is 20.3 Å². The number of aromatic amines is 1. The zero-order chi connectivity index (χ0) is 16.4. The highest BCUT2D eigenvalue weighted by atomic mass is 32.1.